The molecule has 6 nitrogen and oxygen atoms in total. The number of hydrogen-bond acceptors (Lipinski definition) is 5. The molecule has 128 valence electrons. The van der Waals surface area contributed by atoms with E-state index in [1.54, 1.807) is 24.3 Å². The highest BCUT2D eigenvalue weighted by molar-refractivity contribution is 6.37. The molecule has 0 atom stereocenters. The first-order valence-corrected chi connectivity index (χ1v) is 7.46. The van der Waals surface area contributed by atoms with Gasteiger partial charge in [0.1, 0.15) is 19.4 Å². The molecule has 2 aromatic carbocycles. The molecule has 0 unspecified atom stereocenters. The maximum absolute atomic E-state index is 11.1. The number of hydrogen-bond donors (Lipinski definition) is 1. The lowest BCUT2D eigenvalue weighted by molar-refractivity contribution is -0.130. The van der Waals surface area contributed by atoms with Crippen molar-refractivity contribution in [1.82, 2.24) is 0 Å². The molecule has 0 fully saturated rings. The van der Waals surface area contributed by atoms with Crippen molar-refractivity contribution in [3.63, 3.8) is 0 Å². The zero-order chi connectivity index (χ0) is 18.1. The number of nitrogens with zero attached hydrogens (tertiary/aromatic N) is 2. The first-order chi connectivity index (χ1) is 12.1. The molecule has 0 aliphatic carbocycles. The Morgan fingerprint density at radius 1 is 1.16 bits per heavy atom. The van der Waals surface area contributed by atoms with E-state index < -0.39 is 5.97 Å². The number of benzene rings is 2. The van der Waals surface area contributed by atoms with Crippen LogP contribution in [0.3, 0.4) is 0 Å². The highest BCUT2D eigenvalue weighted by atomic mass is 16.6. The van der Waals surface area contributed by atoms with E-state index in [2.05, 4.69) is 16.9 Å². The molecule has 0 bridgehead atoms. The molecule has 0 saturated heterocycles. The predicted octanol–water partition coefficient (Wildman–Crippen LogP) is 3.34. The van der Waals surface area contributed by atoms with Crippen molar-refractivity contribution in [2.45, 2.75) is 6.61 Å². The van der Waals surface area contributed by atoms with Gasteiger partial charge in [0.15, 0.2) is 0 Å². The van der Waals surface area contributed by atoms with Crippen LogP contribution >= 0.6 is 0 Å². The van der Waals surface area contributed by atoms with Gasteiger partial charge in [-0.2, -0.15) is 0 Å². The fourth-order valence-corrected chi connectivity index (χ4v) is 2.11. The van der Waals surface area contributed by atoms with Crippen LogP contribution in [0.15, 0.2) is 71.5 Å². The van der Waals surface area contributed by atoms with E-state index in [4.69, 9.17) is 14.8 Å². The molecule has 0 radical (unpaired) electrons. The van der Waals surface area contributed by atoms with Gasteiger partial charge in [0.2, 0.25) is 0 Å². The molecule has 0 aliphatic heterocycles. The van der Waals surface area contributed by atoms with Crippen molar-refractivity contribution in [1.29, 1.82) is 0 Å². The molecule has 2 rings (SSSR count). The minimum absolute atomic E-state index is 0.00843. The summed E-state index contributed by atoms with van der Waals surface area (Å²) >= 11 is 0. The Kier molecular flexibility index (Phi) is 6.47. The Bertz CT molecular complexity index is 798. The summed E-state index contributed by atoms with van der Waals surface area (Å²) in [5, 5.41) is 16.9. The molecule has 25 heavy (non-hydrogen) atoms. The van der Waals surface area contributed by atoms with Gasteiger partial charge in [-0.3, -0.25) is 0 Å². The summed E-state index contributed by atoms with van der Waals surface area (Å²) in [6, 6.07) is 16.4. The second kappa shape index (κ2) is 9.02. The second-order valence-electron chi connectivity index (χ2n) is 4.97. The van der Waals surface area contributed by atoms with E-state index >= 15 is 0 Å². The quantitative estimate of drug-likeness (QED) is 0.455. The smallest absolute Gasteiger partial charge is 0.335 e. The molecule has 0 spiro atoms. The van der Waals surface area contributed by atoms with Gasteiger partial charge in [0, 0.05) is 11.1 Å². The third-order valence-corrected chi connectivity index (χ3v) is 3.33. The molecule has 6 heteroatoms. The topological polar surface area (TPSA) is 80.5 Å². The maximum Gasteiger partial charge on any atom is 0.335 e. The van der Waals surface area contributed by atoms with Crippen molar-refractivity contribution in [2.24, 2.45) is 10.3 Å². The molecule has 0 saturated carbocycles. The summed E-state index contributed by atoms with van der Waals surface area (Å²) in [6.45, 7) is 3.68. The Labute approximate surface area is 145 Å². The first kappa shape index (κ1) is 17.9. The standard InChI is InChI=1S/C19H18N2O4/c1-14(19(22)23)17-11-7-6-10-16(17)13-25-20-12-18(21-24-2)15-8-4-3-5-9-15/h3-12H,1,13H2,2H3,(H,22,23). The van der Waals surface area contributed by atoms with E-state index in [9.17, 15) is 4.79 Å². The lowest BCUT2D eigenvalue weighted by atomic mass is 10.0. The van der Waals surface area contributed by atoms with Crippen LogP contribution in [0.25, 0.3) is 5.57 Å². The molecule has 0 amide bonds. The minimum Gasteiger partial charge on any atom is -0.478 e. The molecular weight excluding hydrogens is 320 g/mol. The van der Waals surface area contributed by atoms with Crippen LogP contribution in [0, 0.1) is 0 Å². The fourth-order valence-electron chi connectivity index (χ4n) is 2.11. The van der Waals surface area contributed by atoms with Gasteiger partial charge in [0.25, 0.3) is 0 Å². The van der Waals surface area contributed by atoms with Crippen LogP contribution in [-0.2, 0) is 21.1 Å². The van der Waals surface area contributed by atoms with E-state index in [1.807, 2.05) is 30.3 Å². The summed E-state index contributed by atoms with van der Waals surface area (Å²) in [4.78, 5) is 21.2. The van der Waals surface area contributed by atoms with Crippen LogP contribution in [0.2, 0.25) is 0 Å². The van der Waals surface area contributed by atoms with Crippen molar-refractivity contribution in [3.05, 3.63) is 77.9 Å². The molecule has 0 aliphatic rings. The largest absolute Gasteiger partial charge is 0.478 e. The van der Waals surface area contributed by atoms with Crippen molar-refractivity contribution >= 4 is 23.5 Å². The normalized spacial score (nSPS) is 11.3. The van der Waals surface area contributed by atoms with Crippen LogP contribution in [0.5, 0.6) is 0 Å². The third kappa shape index (κ3) is 5.04. The number of oxime groups is 2. The van der Waals surface area contributed by atoms with Crippen LogP contribution in [0.1, 0.15) is 16.7 Å². The van der Waals surface area contributed by atoms with Crippen LogP contribution in [-0.4, -0.2) is 30.1 Å². The maximum atomic E-state index is 11.1. The SMILES string of the molecule is C=C(C(=O)O)c1ccccc1CON=CC(=NOC)c1ccccc1. The predicted molar refractivity (Wildman–Crippen MR) is 96.4 cm³/mol. The van der Waals surface area contributed by atoms with Crippen molar-refractivity contribution in [3.8, 4) is 0 Å². The number of carboxylic acid groups (broad SMARTS) is 1. The minimum atomic E-state index is -1.07. The number of rotatable bonds is 8. The lowest BCUT2D eigenvalue weighted by Crippen LogP contribution is -2.05. The van der Waals surface area contributed by atoms with Gasteiger partial charge in [-0.05, 0) is 5.56 Å². The molecule has 1 N–H and O–H groups in total. The monoisotopic (exact) mass is 338 g/mol. The van der Waals surface area contributed by atoms with Gasteiger partial charge in [-0.25, -0.2) is 4.79 Å². The van der Waals surface area contributed by atoms with Gasteiger partial charge < -0.3 is 14.8 Å². The zero-order valence-electron chi connectivity index (χ0n) is 13.8. The number of carbonyl (C=O) groups is 1. The van der Waals surface area contributed by atoms with Gasteiger partial charge >= 0.3 is 5.97 Å². The Balaban J connectivity index is 2.07. The summed E-state index contributed by atoms with van der Waals surface area (Å²) in [6.07, 6.45) is 1.44. The van der Waals surface area contributed by atoms with Crippen LogP contribution in [0.4, 0.5) is 0 Å². The zero-order valence-corrected chi connectivity index (χ0v) is 13.8. The summed E-state index contributed by atoms with van der Waals surface area (Å²) < 4.78 is 0. The summed E-state index contributed by atoms with van der Waals surface area (Å²) in [5.74, 6) is -1.07. The van der Waals surface area contributed by atoms with E-state index in [1.165, 1.54) is 13.3 Å². The van der Waals surface area contributed by atoms with E-state index in [0.29, 0.717) is 16.8 Å². The lowest BCUT2D eigenvalue weighted by Gasteiger charge is -2.08. The Morgan fingerprint density at radius 2 is 1.84 bits per heavy atom. The molecular formula is C19H18N2O4. The number of carboxylic acids is 1. The first-order valence-electron chi connectivity index (χ1n) is 7.46. The summed E-state index contributed by atoms with van der Waals surface area (Å²) in [7, 11) is 1.45. The molecule has 2 aromatic rings. The van der Waals surface area contributed by atoms with Gasteiger partial charge in [-0.1, -0.05) is 71.5 Å². The number of aliphatic carboxylic acids is 1. The van der Waals surface area contributed by atoms with Crippen molar-refractivity contribution < 1.29 is 19.6 Å². The summed E-state index contributed by atoms with van der Waals surface area (Å²) in [5.41, 5.74) is 2.54. The van der Waals surface area contributed by atoms with Gasteiger partial charge in [0.05, 0.1) is 11.8 Å². The van der Waals surface area contributed by atoms with E-state index in [-0.39, 0.29) is 12.2 Å². The second-order valence-corrected chi connectivity index (χ2v) is 4.97. The Morgan fingerprint density at radius 3 is 2.52 bits per heavy atom. The molecule has 0 aromatic heterocycles. The highest BCUT2D eigenvalue weighted by Gasteiger charge is 2.11. The third-order valence-electron chi connectivity index (χ3n) is 3.33. The van der Waals surface area contributed by atoms with E-state index in [0.717, 1.165) is 5.56 Å². The fraction of sp³-hybridized carbons (Fsp3) is 0.105. The van der Waals surface area contributed by atoms with Crippen molar-refractivity contribution in [2.75, 3.05) is 7.11 Å². The average molecular weight is 338 g/mol. The van der Waals surface area contributed by atoms with Gasteiger partial charge in [-0.15, -0.1) is 0 Å². The molecule has 0 heterocycles. The highest BCUT2D eigenvalue weighted by Crippen LogP contribution is 2.18. The average Bonchev–Trinajstić information content (AvgIpc) is 2.64. The van der Waals surface area contributed by atoms with Crippen LogP contribution < -0.4 is 0 Å². The Hall–Kier alpha value is -3.41.